The molecule has 1 fully saturated rings. The number of allylic oxidation sites excluding steroid dienone is 2. The second-order valence-corrected chi connectivity index (χ2v) is 7.29. The van der Waals surface area contributed by atoms with Gasteiger partial charge in [0.15, 0.2) is 6.79 Å². The molecule has 0 saturated heterocycles. The van der Waals surface area contributed by atoms with Crippen LogP contribution in [0.15, 0.2) is 30.4 Å². The van der Waals surface area contributed by atoms with E-state index in [1.165, 1.54) is 31.2 Å². The van der Waals surface area contributed by atoms with E-state index < -0.39 is 0 Å². The Hall–Kier alpha value is -1.28. The molecule has 1 aromatic carbocycles. The molecule has 1 aromatic rings. The van der Waals surface area contributed by atoms with Gasteiger partial charge in [0.25, 0.3) is 0 Å². The van der Waals surface area contributed by atoms with Crippen LogP contribution >= 0.6 is 0 Å². The average molecular weight is 284 g/mol. The summed E-state index contributed by atoms with van der Waals surface area (Å²) in [5.74, 6) is 3.12. The predicted octanol–water partition coefficient (Wildman–Crippen LogP) is 4.04. The van der Waals surface area contributed by atoms with E-state index in [1.807, 2.05) is 6.07 Å². The lowest BCUT2D eigenvalue weighted by Gasteiger charge is -2.49. The number of fused-ring (bicyclic) bond motifs is 5. The zero-order valence-corrected chi connectivity index (χ0v) is 12.7. The summed E-state index contributed by atoms with van der Waals surface area (Å²) in [7, 11) is 0. The molecule has 1 N–H and O–H groups in total. The van der Waals surface area contributed by atoms with Crippen LogP contribution in [0.2, 0.25) is 0 Å². The number of aliphatic hydroxyl groups excluding tert-OH is 1. The average Bonchev–Trinajstić information content (AvgIpc) is 2.89. The van der Waals surface area contributed by atoms with Gasteiger partial charge in [-0.2, -0.15) is 0 Å². The number of rotatable bonds is 2. The van der Waals surface area contributed by atoms with Crippen molar-refractivity contribution >= 4 is 0 Å². The number of aryl methyl sites for hydroxylation is 1. The lowest BCUT2D eigenvalue weighted by molar-refractivity contribution is 0.0781. The van der Waals surface area contributed by atoms with E-state index in [1.54, 1.807) is 5.56 Å². The van der Waals surface area contributed by atoms with Crippen molar-refractivity contribution in [1.82, 2.24) is 0 Å². The minimum Gasteiger partial charge on any atom is -0.468 e. The van der Waals surface area contributed by atoms with Gasteiger partial charge in [-0.1, -0.05) is 25.1 Å². The van der Waals surface area contributed by atoms with Crippen LogP contribution in [0.5, 0.6) is 5.75 Å². The van der Waals surface area contributed by atoms with Gasteiger partial charge in [-0.25, -0.2) is 0 Å². The molecule has 4 atom stereocenters. The van der Waals surface area contributed by atoms with Gasteiger partial charge in [0, 0.05) is 0 Å². The van der Waals surface area contributed by atoms with Crippen LogP contribution in [0.25, 0.3) is 0 Å². The molecular weight excluding hydrogens is 260 g/mol. The second-order valence-electron chi connectivity index (χ2n) is 7.29. The number of benzene rings is 1. The van der Waals surface area contributed by atoms with E-state index >= 15 is 0 Å². The fourth-order valence-corrected chi connectivity index (χ4v) is 5.14. The van der Waals surface area contributed by atoms with E-state index in [-0.39, 0.29) is 6.79 Å². The van der Waals surface area contributed by atoms with Crippen LogP contribution in [-0.4, -0.2) is 11.9 Å². The van der Waals surface area contributed by atoms with Crippen LogP contribution in [-0.2, 0) is 6.42 Å². The molecule has 2 heteroatoms. The van der Waals surface area contributed by atoms with Crippen LogP contribution in [0.4, 0.5) is 0 Å². The second kappa shape index (κ2) is 4.88. The molecule has 0 amide bonds. The summed E-state index contributed by atoms with van der Waals surface area (Å²) in [5.41, 5.74) is 3.50. The van der Waals surface area contributed by atoms with Crippen molar-refractivity contribution in [2.45, 2.75) is 44.9 Å². The highest BCUT2D eigenvalue weighted by atomic mass is 16.6. The molecule has 21 heavy (non-hydrogen) atoms. The van der Waals surface area contributed by atoms with Crippen molar-refractivity contribution in [3.63, 3.8) is 0 Å². The summed E-state index contributed by atoms with van der Waals surface area (Å²) < 4.78 is 5.24. The number of hydrogen-bond acceptors (Lipinski definition) is 2. The Morgan fingerprint density at radius 3 is 3.10 bits per heavy atom. The minimum absolute atomic E-state index is 0.240. The smallest absolute Gasteiger partial charge is 0.186 e. The maximum Gasteiger partial charge on any atom is 0.186 e. The van der Waals surface area contributed by atoms with Crippen LogP contribution < -0.4 is 4.74 Å². The van der Waals surface area contributed by atoms with Gasteiger partial charge in [0.2, 0.25) is 0 Å². The fourth-order valence-electron chi connectivity index (χ4n) is 5.14. The molecule has 3 aliphatic rings. The third kappa shape index (κ3) is 2.03. The van der Waals surface area contributed by atoms with Crippen molar-refractivity contribution in [2.75, 3.05) is 6.79 Å². The minimum atomic E-state index is -0.240. The maximum atomic E-state index is 8.91. The molecule has 4 rings (SSSR count). The standard InChI is InChI=1S/C19H24O2/c1-19-9-2-3-18(19)17-6-4-13-11-14(21-12-20)5-7-15(13)16(17)8-10-19/h2-3,5,7,11,16-18,20H,4,6,8-10,12H2,1H3/t16-,17-,18+,19+/m1/s1. The summed E-state index contributed by atoms with van der Waals surface area (Å²) >= 11 is 0. The fraction of sp³-hybridized carbons (Fsp3) is 0.579. The van der Waals surface area contributed by atoms with Gasteiger partial charge in [-0.3, -0.25) is 0 Å². The number of ether oxygens (including phenoxy) is 1. The zero-order chi connectivity index (χ0) is 14.4. The van der Waals surface area contributed by atoms with Crippen molar-refractivity contribution < 1.29 is 9.84 Å². The molecule has 0 bridgehead atoms. The molecule has 1 saturated carbocycles. The van der Waals surface area contributed by atoms with Crippen LogP contribution in [0, 0.1) is 17.3 Å². The first kappa shape index (κ1) is 13.4. The van der Waals surface area contributed by atoms with Crippen LogP contribution in [0.1, 0.15) is 49.7 Å². The summed E-state index contributed by atoms with van der Waals surface area (Å²) in [6, 6.07) is 6.41. The first-order valence-corrected chi connectivity index (χ1v) is 8.24. The molecule has 0 unspecified atom stereocenters. The van der Waals surface area contributed by atoms with Gasteiger partial charge in [-0.15, -0.1) is 0 Å². The van der Waals surface area contributed by atoms with Crippen molar-refractivity contribution in [3.05, 3.63) is 41.5 Å². The Labute approximate surface area is 126 Å². The number of aliphatic hydroxyl groups is 1. The summed E-state index contributed by atoms with van der Waals surface area (Å²) in [4.78, 5) is 0. The third-order valence-electron chi connectivity index (χ3n) is 6.23. The lowest BCUT2D eigenvalue weighted by Crippen LogP contribution is -2.39. The van der Waals surface area contributed by atoms with E-state index in [0.717, 1.165) is 29.9 Å². The largest absolute Gasteiger partial charge is 0.468 e. The predicted molar refractivity (Wildman–Crippen MR) is 83.3 cm³/mol. The Morgan fingerprint density at radius 1 is 1.33 bits per heavy atom. The topological polar surface area (TPSA) is 29.5 Å². The lowest BCUT2D eigenvalue weighted by atomic mass is 9.56. The molecule has 0 aromatic heterocycles. The Balaban J connectivity index is 1.66. The van der Waals surface area contributed by atoms with Crippen molar-refractivity contribution in [1.29, 1.82) is 0 Å². The van der Waals surface area contributed by atoms with Crippen molar-refractivity contribution in [3.8, 4) is 5.75 Å². The van der Waals surface area contributed by atoms with Crippen LogP contribution in [0.3, 0.4) is 0 Å². The molecular formula is C19H24O2. The van der Waals surface area contributed by atoms with Gasteiger partial charge in [0.1, 0.15) is 5.75 Å². The molecule has 0 heterocycles. The third-order valence-corrected chi connectivity index (χ3v) is 6.23. The first-order chi connectivity index (χ1) is 10.2. The van der Waals surface area contributed by atoms with E-state index in [4.69, 9.17) is 9.84 Å². The highest BCUT2D eigenvalue weighted by Gasteiger charge is 2.48. The van der Waals surface area contributed by atoms with E-state index in [0.29, 0.717) is 5.41 Å². The highest BCUT2D eigenvalue weighted by molar-refractivity contribution is 5.41. The molecule has 0 radical (unpaired) electrons. The van der Waals surface area contributed by atoms with E-state index in [9.17, 15) is 0 Å². The summed E-state index contributed by atoms with van der Waals surface area (Å²) in [6.07, 6.45) is 11.3. The summed E-state index contributed by atoms with van der Waals surface area (Å²) in [5, 5.41) is 8.91. The van der Waals surface area contributed by atoms with Crippen molar-refractivity contribution in [2.24, 2.45) is 17.3 Å². The SMILES string of the molecule is C[C@@]12CC=C[C@H]1[C@@H]1CCc3cc(OCO)ccc3[C@H]1CC2. The highest BCUT2D eigenvalue weighted by Crippen LogP contribution is 2.58. The molecule has 3 aliphatic carbocycles. The Bertz CT molecular complexity index is 577. The Kier molecular flexibility index (Phi) is 3.11. The molecule has 0 aliphatic heterocycles. The summed E-state index contributed by atoms with van der Waals surface area (Å²) in [6.45, 7) is 2.25. The molecule has 112 valence electrons. The normalized spacial score (nSPS) is 36.8. The maximum absolute atomic E-state index is 8.91. The first-order valence-electron chi connectivity index (χ1n) is 8.24. The van der Waals surface area contributed by atoms with Gasteiger partial charge < -0.3 is 9.84 Å². The monoisotopic (exact) mass is 284 g/mol. The van der Waals surface area contributed by atoms with Gasteiger partial charge in [-0.05, 0) is 78.5 Å². The number of hydrogen-bond donors (Lipinski definition) is 1. The molecule has 0 spiro atoms. The molecule has 2 nitrogen and oxygen atoms in total. The van der Waals surface area contributed by atoms with Gasteiger partial charge >= 0.3 is 0 Å². The van der Waals surface area contributed by atoms with Gasteiger partial charge in [0.05, 0.1) is 0 Å². The Morgan fingerprint density at radius 2 is 2.24 bits per heavy atom. The zero-order valence-electron chi connectivity index (χ0n) is 12.7. The van der Waals surface area contributed by atoms with E-state index in [2.05, 4.69) is 31.2 Å². The quantitative estimate of drug-likeness (QED) is 0.656.